The molecule has 0 bridgehead atoms. The fourth-order valence-corrected chi connectivity index (χ4v) is 3.02. The lowest BCUT2D eigenvalue weighted by Crippen LogP contribution is -2.33. The van der Waals surface area contributed by atoms with Crippen LogP contribution >= 0.6 is 15.9 Å². The predicted molar refractivity (Wildman–Crippen MR) is 113 cm³/mol. The van der Waals surface area contributed by atoms with Gasteiger partial charge in [-0.1, -0.05) is 30.3 Å². The van der Waals surface area contributed by atoms with E-state index in [0.717, 1.165) is 10.2 Å². The maximum Gasteiger partial charge on any atom is 0.290 e. The first-order valence-electron chi connectivity index (χ1n) is 8.56. The number of hydrogen-bond donors (Lipinski definition) is 3. The Bertz CT molecular complexity index is 1230. The van der Waals surface area contributed by atoms with E-state index in [-0.39, 0.29) is 28.0 Å². The third-order valence-corrected chi connectivity index (χ3v) is 4.90. The molecule has 0 aliphatic rings. The van der Waals surface area contributed by atoms with Crippen LogP contribution in [0.3, 0.4) is 0 Å². The van der Waals surface area contributed by atoms with Gasteiger partial charge in [0.1, 0.15) is 21.4 Å². The van der Waals surface area contributed by atoms with Crippen molar-refractivity contribution in [3.05, 3.63) is 89.3 Å². The number of carbonyl (C=O) groups is 1. The highest BCUT2D eigenvalue weighted by molar-refractivity contribution is 9.10. The smallest absolute Gasteiger partial charge is 0.290 e. The van der Waals surface area contributed by atoms with Crippen LogP contribution in [-0.4, -0.2) is 39.7 Å². The van der Waals surface area contributed by atoms with Crippen LogP contribution in [0.2, 0.25) is 0 Å². The minimum Gasteiger partial charge on any atom is -0.365 e. The summed E-state index contributed by atoms with van der Waals surface area (Å²) in [7, 11) is 3.05. The minimum atomic E-state index is -0.594. The molecule has 2 heterocycles. The van der Waals surface area contributed by atoms with Gasteiger partial charge in [-0.2, -0.15) is 0 Å². The van der Waals surface area contributed by atoms with Gasteiger partial charge < -0.3 is 15.2 Å². The summed E-state index contributed by atoms with van der Waals surface area (Å²) in [6, 6.07) is 9.13. The molecule has 0 saturated heterocycles. The summed E-state index contributed by atoms with van der Waals surface area (Å²) in [4.78, 5) is 54.0. The van der Waals surface area contributed by atoms with Gasteiger partial charge in [0.2, 0.25) is 5.43 Å². The summed E-state index contributed by atoms with van der Waals surface area (Å²) >= 11 is 3.10. The van der Waals surface area contributed by atoms with Gasteiger partial charge in [0.05, 0.1) is 6.54 Å². The largest absolute Gasteiger partial charge is 0.365 e. The van der Waals surface area contributed by atoms with Crippen LogP contribution in [0.15, 0.2) is 61.6 Å². The molecule has 1 amide bonds. The van der Waals surface area contributed by atoms with E-state index >= 15 is 0 Å². The molecule has 10 heteroatoms. The highest BCUT2D eigenvalue weighted by atomic mass is 79.9. The minimum absolute atomic E-state index is 0.0349. The highest BCUT2D eigenvalue weighted by Crippen LogP contribution is 2.17. The predicted octanol–water partition coefficient (Wildman–Crippen LogP) is 1.48. The third kappa shape index (κ3) is 4.21. The van der Waals surface area contributed by atoms with Crippen molar-refractivity contribution in [2.24, 2.45) is 0 Å². The summed E-state index contributed by atoms with van der Waals surface area (Å²) < 4.78 is 1.10. The van der Waals surface area contributed by atoms with Crippen LogP contribution in [0.5, 0.6) is 0 Å². The van der Waals surface area contributed by atoms with Crippen molar-refractivity contribution in [2.75, 3.05) is 19.4 Å². The first kappa shape index (κ1) is 20.3. The molecule has 9 nitrogen and oxygen atoms in total. The van der Waals surface area contributed by atoms with E-state index in [1.165, 1.54) is 31.4 Å². The molecular formula is C19H18BrN5O4. The fraction of sp³-hybridized carbons (Fsp3) is 0.158. The van der Waals surface area contributed by atoms with E-state index in [2.05, 4.69) is 31.3 Å². The number of hydrogen-bond acceptors (Lipinski definition) is 5. The van der Waals surface area contributed by atoms with Crippen LogP contribution in [0.1, 0.15) is 15.9 Å². The lowest BCUT2D eigenvalue weighted by molar-refractivity contribution is 0.0826. The summed E-state index contributed by atoms with van der Waals surface area (Å²) in [5.41, 5.74) is -1.09. The van der Waals surface area contributed by atoms with E-state index in [0.29, 0.717) is 0 Å². The maximum absolute atomic E-state index is 12.9. The van der Waals surface area contributed by atoms with Gasteiger partial charge in [0, 0.05) is 26.5 Å². The lowest BCUT2D eigenvalue weighted by Gasteiger charge is -2.13. The number of benzene rings is 1. The number of rotatable bonds is 5. The van der Waals surface area contributed by atoms with Crippen molar-refractivity contribution in [1.29, 1.82) is 0 Å². The van der Waals surface area contributed by atoms with E-state index in [1.54, 1.807) is 0 Å². The number of nitrogens with one attached hydrogen (secondary N) is 3. The quantitative estimate of drug-likeness (QED) is 0.533. The summed E-state index contributed by atoms with van der Waals surface area (Å²) in [6.07, 6.45) is 2.61. The van der Waals surface area contributed by atoms with E-state index in [9.17, 15) is 19.2 Å². The van der Waals surface area contributed by atoms with Gasteiger partial charge >= 0.3 is 0 Å². The Labute approximate surface area is 173 Å². The number of aromatic nitrogens is 3. The van der Waals surface area contributed by atoms with Crippen molar-refractivity contribution < 1.29 is 4.79 Å². The zero-order chi connectivity index (χ0) is 21.1. The number of carbonyl (C=O) groups excluding carboxylic acids is 1. The summed E-state index contributed by atoms with van der Waals surface area (Å²) in [6.45, 7) is 0.145. The Morgan fingerprint density at radius 3 is 2.48 bits per heavy atom. The number of pyridine rings is 1. The van der Waals surface area contributed by atoms with Crippen molar-refractivity contribution in [3.63, 3.8) is 0 Å². The Morgan fingerprint density at radius 2 is 1.83 bits per heavy atom. The summed E-state index contributed by atoms with van der Waals surface area (Å²) in [5, 5.41) is 5.19. The molecule has 0 radical (unpaired) electrons. The molecule has 0 aliphatic carbocycles. The third-order valence-electron chi connectivity index (χ3n) is 4.14. The van der Waals surface area contributed by atoms with Gasteiger partial charge in [-0.3, -0.25) is 24.3 Å². The molecule has 3 N–H and O–H groups in total. The van der Waals surface area contributed by atoms with Crippen LogP contribution in [-0.2, 0) is 6.54 Å². The highest BCUT2D eigenvalue weighted by Gasteiger charge is 2.18. The molecule has 0 spiro atoms. The molecule has 3 rings (SSSR count). The van der Waals surface area contributed by atoms with Crippen LogP contribution in [0.4, 0.5) is 11.4 Å². The van der Waals surface area contributed by atoms with Gasteiger partial charge in [-0.25, -0.2) is 4.68 Å². The van der Waals surface area contributed by atoms with Crippen molar-refractivity contribution in [3.8, 4) is 0 Å². The van der Waals surface area contributed by atoms with Crippen molar-refractivity contribution in [2.45, 2.75) is 6.54 Å². The number of anilines is 2. The van der Waals surface area contributed by atoms with Gasteiger partial charge in [-0.15, -0.1) is 0 Å². The molecule has 150 valence electrons. The van der Waals surface area contributed by atoms with Gasteiger partial charge in [0.25, 0.3) is 17.0 Å². The van der Waals surface area contributed by atoms with Gasteiger partial charge in [0.15, 0.2) is 0 Å². The van der Waals surface area contributed by atoms with Crippen LogP contribution in [0, 0.1) is 0 Å². The monoisotopic (exact) mass is 459 g/mol. The van der Waals surface area contributed by atoms with Crippen molar-refractivity contribution in [1.82, 2.24) is 19.7 Å². The molecule has 1 aromatic carbocycles. The Kier molecular flexibility index (Phi) is 5.83. The molecule has 3 aromatic rings. The molecule has 2 aromatic heterocycles. The second kappa shape index (κ2) is 8.31. The Balaban J connectivity index is 2.05. The first-order chi connectivity index (χ1) is 13.8. The second-order valence-electron chi connectivity index (χ2n) is 6.44. The zero-order valence-electron chi connectivity index (χ0n) is 15.7. The lowest BCUT2D eigenvalue weighted by atomic mass is 10.2. The first-order valence-corrected chi connectivity index (χ1v) is 9.35. The van der Waals surface area contributed by atoms with Crippen molar-refractivity contribution >= 4 is 33.2 Å². The van der Waals surface area contributed by atoms with E-state index < -0.39 is 22.5 Å². The topological polar surface area (TPSA) is 120 Å². The number of H-pyrrole nitrogens is 2. The molecule has 0 atom stereocenters. The number of amides is 1. The summed E-state index contributed by atoms with van der Waals surface area (Å²) in [5.74, 6) is -0.485. The second-order valence-corrected chi connectivity index (χ2v) is 7.24. The molecule has 0 fully saturated rings. The molecular weight excluding hydrogens is 442 g/mol. The molecule has 0 saturated carbocycles. The molecule has 29 heavy (non-hydrogen) atoms. The fourth-order valence-electron chi connectivity index (χ4n) is 2.66. The average Bonchev–Trinajstić information content (AvgIpc) is 2.70. The van der Waals surface area contributed by atoms with Gasteiger partial charge in [-0.05, 0) is 21.5 Å². The molecule has 0 aliphatic heterocycles. The number of aromatic amines is 2. The zero-order valence-corrected chi connectivity index (χ0v) is 17.2. The van der Waals surface area contributed by atoms with E-state index in [4.69, 9.17) is 0 Å². The maximum atomic E-state index is 12.9. The Hall–Kier alpha value is -3.40. The van der Waals surface area contributed by atoms with Crippen LogP contribution < -0.4 is 21.9 Å². The average molecular weight is 460 g/mol. The van der Waals surface area contributed by atoms with Crippen LogP contribution in [0.25, 0.3) is 0 Å². The number of halogens is 1. The normalized spacial score (nSPS) is 10.6. The SMILES string of the molecule is CN(C)C(=O)c1c[nH]cc(Nc2c(Br)c(=O)[nH]n(Cc3ccccc3)c2=O)c1=O. The molecule has 0 unspecified atom stereocenters. The Morgan fingerprint density at radius 1 is 1.14 bits per heavy atom. The standard InChI is InChI=1S/C19H18BrN5O4/c1-24(2)18(28)12-8-21-9-13(16(12)26)22-15-14(20)17(27)23-25(19(15)29)10-11-6-4-3-5-7-11/h3-9,22H,10H2,1-2H3,(H,21,26)(H,23,27). The number of nitrogens with zero attached hydrogens (tertiary/aromatic N) is 2. The van der Waals surface area contributed by atoms with E-state index in [1.807, 2.05) is 30.3 Å².